The summed E-state index contributed by atoms with van der Waals surface area (Å²) < 4.78 is 0. The first-order chi connectivity index (χ1) is 6.75. The summed E-state index contributed by atoms with van der Waals surface area (Å²) in [4.78, 5) is 0. The van der Waals surface area contributed by atoms with Crippen LogP contribution in [0, 0.1) is 13.8 Å². The van der Waals surface area contributed by atoms with Crippen molar-refractivity contribution in [1.82, 2.24) is 0 Å². The van der Waals surface area contributed by atoms with E-state index >= 15 is 0 Å². The van der Waals surface area contributed by atoms with Gasteiger partial charge in [-0.05, 0) is 47.4 Å². The van der Waals surface area contributed by atoms with Crippen molar-refractivity contribution in [1.29, 1.82) is 0 Å². The first-order valence-electron chi connectivity index (χ1n) is 5.85. The van der Waals surface area contributed by atoms with Crippen LogP contribution in [-0.2, 0) is 5.41 Å². The van der Waals surface area contributed by atoms with Crippen LogP contribution >= 0.6 is 0 Å². The monoisotopic (exact) mass is 204 g/mol. The molecule has 0 N–H and O–H groups in total. The lowest BCUT2D eigenvalue weighted by Crippen LogP contribution is -2.16. The molecule has 0 spiro atoms. The normalized spacial score (nSPS) is 12.3. The summed E-state index contributed by atoms with van der Waals surface area (Å²) in [6.45, 7) is 15.9. The number of rotatable bonds is 1. The zero-order valence-corrected chi connectivity index (χ0v) is 11.2. The van der Waals surface area contributed by atoms with Gasteiger partial charge in [-0.15, -0.1) is 0 Å². The van der Waals surface area contributed by atoms with Gasteiger partial charge in [0, 0.05) is 0 Å². The van der Waals surface area contributed by atoms with E-state index in [1.165, 1.54) is 16.7 Å². The topological polar surface area (TPSA) is 0 Å². The van der Waals surface area contributed by atoms with Crippen molar-refractivity contribution in [2.24, 2.45) is 0 Å². The quantitative estimate of drug-likeness (QED) is 0.620. The summed E-state index contributed by atoms with van der Waals surface area (Å²) >= 11 is 0. The van der Waals surface area contributed by atoms with E-state index in [4.69, 9.17) is 0 Å². The highest BCUT2D eigenvalue weighted by atomic mass is 14.3. The molecule has 1 aromatic carbocycles. The van der Waals surface area contributed by atoms with Gasteiger partial charge in [-0.1, -0.05) is 46.8 Å². The molecule has 0 aliphatic rings. The van der Waals surface area contributed by atoms with Crippen molar-refractivity contribution in [3.05, 3.63) is 34.4 Å². The molecule has 0 fully saturated rings. The Labute approximate surface area is 94.7 Å². The Morgan fingerprint density at radius 2 is 1.53 bits per heavy atom. The van der Waals surface area contributed by atoms with Gasteiger partial charge in [0.1, 0.15) is 0 Å². The second-order valence-electron chi connectivity index (χ2n) is 5.87. The Morgan fingerprint density at radius 1 is 1.00 bits per heavy atom. The third kappa shape index (κ3) is 2.42. The van der Waals surface area contributed by atoms with Gasteiger partial charge in [0.15, 0.2) is 0 Å². The van der Waals surface area contributed by atoms with Crippen molar-refractivity contribution < 1.29 is 0 Å². The number of hydrogen-bond donors (Lipinski definition) is 0. The highest BCUT2D eigenvalue weighted by Crippen LogP contribution is 2.33. The Morgan fingerprint density at radius 3 is 1.93 bits per heavy atom. The van der Waals surface area contributed by atoms with Gasteiger partial charge in [-0.2, -0.15) is 0 Å². The van der Waals surface area contributed by atoms with Crippen molar-refractivity contribution in [3.63, 3.8) is 0 Å². The molecular weight excluding hydrogens is 180 g/mol. The molecule has 0 bridgehead atoms. The number of hydrogen-bond acceptors (Lipinski definition) is 0. The lowest BCUT2D eigenvalue weighted by molar-refractivity contribution is 0.575. The van der Waals surface area contributed by atoms with E-state index in [1.807, 2.05) is 0 Å². The summed E-state index contributed by atoms with van der Waals surface area (Å²) in [7, 11) is 0. The van der Waals surface area contributed by atoms with E-state index in [-0.39, 0.29) is 5.41 Å². The molecule has 0 aromatic heterocycles. The third-order valence-electron chi connectivity index (χ3n) is 3.17. The highest BCUT2D eigenvalue weighted by molar-refractivity contribution is 5.44. The standard InChI is InChI=1S/C15H24/c1-10(2)14-12(4)11(3)8-9-13(14)15(5,6)7/h8-10H,1-7H3. The van der Waals surface area contributed by atoms with Gasteiger partial charge in [-0.25, -0.2) is 0 Å². The first kappa shape index (κ1) is 12.3. The number of aryl methyl sites for hydroxylation is 1. The smallest absolute Gasteiger partial charge is 0.0129 e. The Hall–Kier alpha value is -0.780. The van der Waals surface area contributed by atoms with Crippen LogP contribution in [-0.4, -0.2) is 0 Å². The largest absolute Gasteiger partial charge is 0.0587 e. The molecule has 15 heavy (non-hydrogen) atoms. The molecule has 0 saturated heterocycles. The van der Waals surface area contributed by atoms with Crippen LogP contribution < -0.4 is 0 Å². The van der Waals surface area contributed by atoms with Crippen LogP contribution in [0.3, 0.4) is 0 Å². The fraction of sp³-hybridized carbons (Fsp3) is 0.600. The minimum Gasteiger partial charge on any atom is -0.0587 e. The van der Waals surface area contributed by atoms with Gasteiger partial charge >= 0.3 is 0 Å². The van der Waals surface area contributed by atoms with Crippen LogP contribution in [0.5, 0.6) is 0 Å². The Bertz CT molecular complexity index is 351. The molecule has 0 heteroatoms. The van der Waals surface area contributed by atoms with Crippen LogP contribution in [0.15, 0.2) is 12.1 Å². The van der Waals surface area contributed by atoms with Crippen LogP contribution in [0.2, 0.25) is 0 Å². The zero-order chi connectivity index (χ0) is 11.8. The maximum absolute atomic E-state index is 2.30. The maximum Gasteiger partial charge on any atom is -0.0129 e. The van der Waals surface area contributed by atoms with Gasteiger partial charge in [0.05, 0.1) is 0 Å². The SMILES string of the molecule is Cc1ccc(C(C)(C)C)c(C(C)C)c1C. The number of benzene rings is 1. The van der Waals surface area contributed by atoms with Gasteiger partial charge < -0.3 is 0 Å². The lowest BCUT2D eigenvalue weighted by Gasteiger charge is -2.27. The molecule has 0 radical (unpaired) electrons. The average molecular weight is 204 g/mol. The second-order valence-corrected chi connectivity index (χ2v) is 5.87. The Kier molecular flexibility index (Phi) is 3.28. The molecule has 84 valence electrons. The molecule has 0 aliphatic carbocycles. The van der Waals surface area contributed by atoms with E-state index in [0.717, 1.165) is 0 Å². The van der Waals surface area contributed by atoms with Crippen molar-refractivity contribution in [2.75, 3.05) is 0 Å². The van der Waals surface area contributed by atoms with Crippen molar-refractivity contribution in [2.45, 2.75) is 59.8 Å². The molecule has 0 unspecified atom stereocenters. The first-order valence-corrected chi connectivity index (χ1v) is 5.85. The molecule has 0 nitrogen and oxygen atoms in total. The third-order valence-corrected chi connectivity index (χ3v) is 3.17. The van der Waals surface area contributed by atoms with Crippen LogP contribution in [0.25, 0.3) is 0 Å². The van der Waals surface area contributed by atoms with E-state index < -0.39 is 0 Å². The van der Waals surface area contributed by atoms with E-state index in [2.05, 4.69) is 60.6 Å². The predicted octanol–water partition coefficient (Wildman–Crippen LogP) is 4.72. The minimum atomic E-state index is 0.248. The fourth-order valence-electron chi connectivity index (χ4n) is 2.24. The van der Waals surface area contributed by atoms with Gasteiger partial charge in [0.2, 0.25) is 0 Å². The summed E-state index contributed by atoms with van der Waals surface area (Å²) in [5.41, 5.74) is 6.17. The summed E-state index contributed by atoms with van der Waals surface area (Å²) in [6.07, 6.45) is 0. The molecular formula is C15H24. The molecule has 1 aromatic rings. The maximum atomic E-state index is 2.30. The lowest BCUT2D eigenvalue weighted by atomic mass is 9.78. The summed E-state index contributed by atoms with van der Waals surface area (Å²) in [5.74, 6) is 0.610. The van der Waals surface area contributed by atoms with E-state index in [9.17, 15) is 0 Å². The highest BCUT2D eigenvalue weighted by Gasteiger charge is 2.21. The van der Waals surface area contributed by atoms with E-state index in [0.29, 0.717) is 5.92 Å². The molecule has 0 heterocycles. The molecule has 0 amide bonds. The molecule has 0 saturated carbocycles. The molecule has 0 atom stereocenters. The van der Waals surface area contributed by atoms with E-state index in [1.54, 1.807) is 5.56 Å². The Balaban J connectivity index is 3.47. The van der Waals surface area contributed by atoms with Crippen LogP contribution in [0.4, 0.5) is 0 Å². The van der Waals surface area contributed by atoms with Crippen LogP contribution in [0.1, 0.15) is 62.8 Å². The van der Waals surface area contributed by atoms with Crippen molar-refractivity contribution >= 4 is 0 Å². The summed E-state index contributed by atoms with van der Waals surface area (Å²) in [6, 6.07) is 4.56. The fourth-order valence-corrected chi connectivity index (χ4v) is 2.24. The zero-order valence-electron chi connectivity index (χ0n) is 11.2. The van der Waals surface area contributed by atoms with Crippen molar-refractivity contribution in [3.8, 4) is 0 Å². The molecule has 0 aliphatic heterocycles. The molecule has 1 rings (SSSR count). The summed E-state index contributed by atoms with van der Waals surface area (Å²) in [5, 5.41) is 0. The van der Waals surface area contributed by atoms with Gasteiger partial charge in [-0.3, -0.25) is 0 Å². The minimum absolute atomic E-state index is 0.248. The van der Waals surface area contributed by atoms with Gasteiger partial charge in [0.25, 0.3) is 0 Å². The second kappa shape index (κ2) is 4.00. The predicted molar refractivity (Wildman–Crippen MR) is 68.7 cm³/mol. The average Bonchev–Trinajstić information content (AvgIpc) is 2.06.